The minimum atomic E-state index is 0.904. The standard InChI is InChI=1S/C12H21N/c1-10-8-13(9-11(10)2)12-6-4-3-5-7-12/h12H,3-9H2,1-2H3. The third-order valence-electron chi connectivity index (χ3n) is 3.70. The third kappa shape index (κ3) is 1.96. The van der Waals surface area contributed by atoms with Crippen molar-refractivity contribution in [2.75, 3.05) is 13.1 Å². The first kappa shape index (κ1) is 9.26. The van der Waals surface area contributed by atoms with Crippen molar-refractivity contribution in [2.24, 2.45) is 0 Å². The monoisotopic (exact) mass is 179 g/mol. The van der Waals surface area contributed by atoms with Crippen LogP contribution < -0.4 is 0 Å². The highest BCUT2D eigenvalue weighted by molar-refractivity contribution is 5.19. The zero-order valence-electron chi connectivity index (χ0n) is 8.97. The summed E-state index contributed by atoms with van der Waals surface area (Å²) < 4.78 is 0. The van der Waals surface area contributed by atoms with Gasteiger partial charge in [-0.25, -0.2) is 0 Å². The molecular weight excluding hydrogens is 158 g/mol. The van der Waals surface area contributed by atoms with E-state index in [4.69, 9.17) is 0 Å². The lowest BCUT2D eigenvalue weighted by atomic mass is 9.94. The summed E-state index contributed by atoms with van der Waals surface area (Å²) in [6.45, 7) is 7.07. The fourth-order valence-electron chi connectivity index (χ4n) is 2.64. The number of nitrogens with zero attached hydrogens (tertiary/aromatic N) is 1. The molecule has 1 aliphatic heterocycles. The molecule has 0 bridgehead atoms. The molecule has 0 amide bonds. The molecule has 0 saturated heterocycles. The van der Waals surface area contributed by atoms with E-state index in [0.29, 0.717) is 0 Å². The second-order valence-corrected chi connectivity index (χ2v) is 4.76. The van der Waals surface area contributed by atoms with Crippen molar-refractivity contribution in [3.05, 3.63) is 11.1 Å². The number of rotatable bonds is 1. The van der Waals surface area contributed by atoms with Crippen LogP contribution in [-0.4, -0.2) is 24.0 Å². The van der Waals surface area contributed by atoms with Crippen molar-refractivity contribution in [3.63, 3.8) is 0 Å². The van der Waals surface area contributed by atoms with Crippen molar-refractivity contribution in [1.82, 2.24) is 4.90 Å². The lowest BCUT2D eigenvalue weighted by molar-refractivity contribution is 0.195. The average molecular weight is 179 g/mol. The van der Waals surface area contributed by atoms with Crippen LogP contribution in [0.2, 0.25) is 0 Å². The van der Waals surface area contributed by atoms with E-state index in [1.807, 2.05) is 0 Å². The topological polar surface area (TPSA) is 3.24 Å². The van der Waals surface area contributed by atoms with E-state index in [-0.39, 0.29) is 0 Å². The van der Waals surface area contributed by atoms with Crippen molar-refractivity contribution in [3.8, 4) is 0 Å². The van der Waals surface area contributed by atoms with Gasteiger partial charge in [-0.1, -0.05) is 30.4 Å². The predicted octanol–water partition coefficient (Wildman–Crippen LogP) is 2.97. The lowest BCUT2D eigenvalue weighted by Gasteiger charge is -2.31. The molecule has 0 aromatic rings. The Bertz CT molecular complexity index is 197. The molecule has 0 atom stereocenters. The largest absolute Gasteiger partial charge is 0.293 e. The van der Waals surface area contributed by atoms with Gasteiger partial charge >= 0.3 is 0 Å². The summed E-state index contributed by atoms with van der Waals surface area (Å²) in [6, 6.07) is 0.904. The normalized spacial score (nSPS) is 27.2. The van der Waals surface area contributed by atoms with Gasteiger partial charge in [-0.2, -0.15) is 0 Å². The molecule has 1 saturated carbocycles. The van der Waals surface area contributed by atoms with E-state index < -0.39 is 0 Å². The van der Waals surface area contributed by atoms with Crippen LogP contribution in [0.15, 0.2) is 11.1 Å². The highest BCUT2D eigenvalue weighted by Gasteiger charge is 2.25. The van der Waals surface area contributed by atoms with Gasteiger partial charge in [0.15, 0.2) is 0 Å². The molecule has 1 nitrogen and oxygen atoms in total. The zero-order valence-corrected chi connectivity index (χ0v) is 8.97. The molecule has 1 fully saturated rings. The fourth-order valence-corrected chi connectivity index (χ4v) is 2.64. The first-order valence-electron chi connectivity index (χ1n) is 5.66. The predicted molar refractivity (Wildman–Crippen MR) is 56.8 cm³/mol. The molecule has 2 aliphatic rings. The molecule has 1 heterocycles. The summed E-state index contributed by atoms with van der Waals surface area (Å²) in [6.07, 6.45) is 7.27. The first-order valence-corrected chi connectivity index (χ1v) is 5.66. The maximum Gasteiger partial charge on any atom is 0.0199 e. The van der Waals surface area contributed by atoms with Crippen molar-refractivity contribution in [2.45, 2.75) is 52.0 Å². The Hall–Kier alpha value is -0.300. The summed E-state index contributed by atoms with van der Waals surface area (Å²) in [5.41, 5.74) is 3.23. The second kappa shape index (κ2) is 3.83. The van der Waals surface area contributed by atoms with Gasteiger partial charge in [0.25, 0.3) is 0 Å². The SMILES string of the molecule is CC1=C(C)CN(C2CCCCC2)C1. The number of hydrogen-bond acceptors (Lipinski definition) is 1. The zero-order chi connectivity index (χ0) is 9.26. The van der Waals surface area contributed by atoms with Crippen LogP contribution in [0, 0.1) is 0 Å². The van der Waals surface area contributed by atoms with Crippen LogP contribution in [0.3, 0.4) is 0 Å². The van der Waals surface area contributed by atoms with Crippen LogP contribution in [0.25, 0.3) is 0 Å². The smallest absolute Gasteiger partial charge is 0.0199 e. The van der Waals surface area contributed by atoms with Gasteiger partial charge in [-0.15, -0.1) is 0 Å². The Labute approximate surface area is 81.8 Å². The van der Waals surface area contributed by atoms with E-state index in [9.17, 15) is 0 Å². The van der Waals surface area contributed by atoms with Gasteiger partial charge in [0.05, 0.1) is 0 Å². The highest BCUT2D eigenvalue weighted by Crippen LogP contribution is 2.27. The van der Waals surface area contributed by atoms with E-state index in [1.54, 1.807) is 11.1 Å². The molecule has 2 rings (SSSR count). The maximum absolute atomic E-state index is 2.68. The Kier molecular flexibility index (Phi) is 2.73. The van der Waals surface area contributed by atoms with Crippen molar-refractivity contribution >= 4 is 0 Å². The van der Waals surface area contributed by atoms with Gasteiger partial charge in [-0.05, 0) is 26.7 Å². The van der Waals surface area contributed by atoms with Crippen molar-refractivity contribution < 1.29 is 0 Å². The average Bonchev–Trinajstić information content (AvgIpc) is 2.49. The van der Waals surface area contributed by atoms with Gasteiger partial charge < -0.3 is 0 Å². The van der Waals surface area contributed by atoms with Crippen LogP contribution in [-0.2, 0) is 0 Å². The van der Waals surface area contributed by atoms with Crippen LogP contribution in [0.1, 0.15) is 46.0 Å². The third-order valence-corrected chi connectivity index (χ3v) is 3.70. The highest BCUT2D eigenvalue weighted by atomic mass is 15.2. The maximum atomic E-state index is 2.68. The van der Waals surface area contributed by atoms with E-state index in [0.717, 1.165) is 6.04 Å². The molecule has 0 aromatic heterocycles. The summed E-state index contributed by atoms with van der Waals surface area (Å²) in [5.74, 6) is 0. The van der Waals surface area contributed by atoms with Crippen LogP contribution in [0.4, 0.5) is 0 Å². The van der Waals surface area contributed by atoms with Gasteiger partial charge in [-0.3, -0.25) is 4.90 Å². The Morgan fingerprint density at radius 2 is 1.46 bits per heavy atom. The molecule has 0 unspecified atom stereocenters. The summed E-state index contributed by atoms with van der Waals surface area (Å²) in [7, 11) is 0. The van der Waals surface area contributed by atoms with Gasteiger partial charge in [0.1, 0.15) is 0 Å². The van der Waals surface area contributed by atoms with Crippen LogP contribution >= 0.6 is 0 Å². The summed E-state index contributed by atoms with van der Waals surface area (Å²) in [4.78, 5) is 2.68. The van der Waals surface area contributed by atoms with Crippen LogP contribution in [0.5, 0.6) is 0 Å². The Morgan fingerprint density at radius 1 is 0.923 bits per heavy atom. The number of hydrogen-bond donors (Lipinski definition) is 0. The minimum absolute atomic E-state index is 0.904. The summed E-state index contributed by atoms with van der Waals surface area (Å²) in [5, 5.41) is 0. The molecule has 0 spiro atoms. The Morgan fingerprint density at radius 3 is 2.00 bits per heavy atom. The molecule has 0 radical (unpaired) electrons. The molecule has 13 heavy (non-hydrogen) atoms. The van der Waals surface area contributed by atoms with Gasteiger partial charge in [0.2, 0.25) is 0 Å². The summed E-state index contributed by atoms with van der Waals surface area (Å²) >= 11 is 0. The van der Waals surface area contributed by atoms with Gasteiger partial charge in [0, 0.05) is 19.1 Å². The van der Waals surface area contributed by atoms with E-state index >= 15 is 0 Å². The molecule has 1 heteroatoms. The first-order chi connectivity index (χ1) is 6.27. The van der Waals surface area contributed by atoms with E-state index in [2.05, 4.69) is 18.7 Å². The van der Waals surface area contributed by atoms with E-state index in [1.165, 1.54) is 45.2 Å². The molecular formula is C12H21N. The molecule has 1 aliphatic carbocycles. The quantitative estimate of drug-likeness (QED) is 0.559. The second-order valence-electron chi connectivity index (χ2n) is 4.76. The molecule has 74 valence electrons. The minimum Gasteiger partial charge on any atom is -0.293 e. The van der Waals surface area contributed by atoms with Crippen molar-refractivity contribution in [1.29, 1.82) is 0 Å². The Balaban J connectivity index is 1.90. The molecule has 0 N–H and O–H groups in total. The molecule has 0 aromatic carbocycles. The fraction of sp³-hybridized carbons (Fsp3) is 0.833. The lowest BCUT2D eigenvalue weighted by Crippen LogP contribution is -2.35.